The molecule has 2 aromatic rings. The highest BCUT2D eigenvalue weighted by Crippen LogP contribution is 2.14. The number of hydrogen-bond donors (Lipinski definition) is 2. The summed E-state index contributed by atoms with van der Waals surface area (Å²) in [5, 5.41) is 10.3. The van der Waals surface area contributed by atoms with Crippen molar-refractivity contribution >= 4 is 11.6 Å². The third-order valence-corrected chi connectivity index (χ3v) is 2.72. The second-order valence-electron chi connectivity index (χ2n) is 4.62. The van der Waals surface area contributed by atoms with E-state index < -0.39 is 0 Å². The Hall–Kier alpha value is -2.11. The van der Waals surface area contributed by atoms with E-state index in [2.05, 4.69) is 32.7 Å². The van der Waals surface area contributed by atoms with Gasteiger partial charge in [0.2, 0.25) is 0 Å². The van der Waals surface area contributed by atoms with Crippen molar-refractivity contribution in [2.75, 3.05) is 17.2 Å². The van der Waals surface area contributed by atoms with E-state index in [4.69, 9.17) is 4.52 Å². The standard InChI is InChI=1S/C14H21N5O/c1-4-6-12-17-13(15-5-2)8-14(18-12)16-9-11-7-10(3)19-20-11/h7-8H,4-6,9H2,1-3H3,(H2,15,16,17,18). The average Bonchev–Trinajstić information content (AvgIpc) is 2.83. The highest BCUT2D eigenvalue weighted by atomic mass is 16.5. The maximum absolute atomic E-state index is 5.17. The third-order valence-electron chi connectivity index (χ3n) is 2.72. The fraction of sp³-hybridized carbons (Fsp3) is 0.500. The third kappa shape index (κ3) is 3.94. The molecule has 0 aliphatic heterocycles. The Kier molecular flexibility index (Phi) is 4.92. The summed E-state index contributed by atoms with van der Waals surface area (Å²) in [7, 11) is 0. The lowest BCUT2D eigenvalue weighted by atomic mass is 10.3. The quantitative estimate of drug-likeness (QED) is 0.809. The van der Waals surface area contributed by atoms with Gasteiger partial charge in [-0.05, 0) is 20.3 Å². The first-order valence-corrected chi connectivity index (χ1v) is 6.99. The highest BCUT2D eigenvalue weighted by molar-refractivity contribution is 5.47. The number of anilines is 2. The van der Waals surface area contributed by atoms with Gasteiger partial charge in [-0.2, -0.15) is 0 Å². The molecule has 0 atom stereocenters. The molecule has 2 rings (SSSR count). The van der Waals surface area contributed by atoms with Crippen molar-refractivity contribution in [1.82, 2.24) is 15.1 Å². The summed E-state index contributed by atoms with van der Waals surface area (Å²) in [6, 6.07) is 3.82. The Balaban J connectivity index is 2.08. The van der Waals surface area contributed by atoms with Crippen LogP contribution in [0, 0.1) is 6.92 Å². The van der Waals surface area contributed by atoms with Crippen LogP contribution in [0.25, 0.3) is 0 Å². The van der Waals surface area contributed by atoms with Gasteiger partial charge in [0, 0.05) is 25.1 Å². The van der Waals surface area contributed by atoms with Crippen LogP contribution >= 0.6 is 0 Å². The molecule has 2 aromatic heterocycles. The number of aromatic nitrogens is 3. The van der Waals surface area contributed by atoms with E-state index in [1.54, 1.807) is 0 Å². The van der Waals surface area contributed by atoms with Crippen LogP contribution in [0.4, 0.5) is 11.6 Å². The SMILES string of the molecule is CCCc1nc(NCC)cc(NCc2cc(C)no2)n1. The zero-order chi connectivity index (χ0) is 14.4. The highest BCUT2D eigenvalue weighted by Gasteiger charge is 2.05. The van der Waals surface area contributed by atoms with Crippen LogP contribution in [0.1, 0.15) is 37.5 Å². The van der Waals surface area contributed by atoms with Crippen LogP contribution < -0.4 is 10.6 Å². The molecule has 0 bridgehead atoms. The topological polar surface area (TPSA) is 75.9 Å². The van der Waals surface area contributed by atoms with Gasteiger partial charge in [-0.1, -0.05) is 12.1 Å². The predicted molar refractivity (Wildman–Crippen MR) is 78.8 cm³/mol. The molecular weight excluding hydrogens is 254 g/mol. The number of nitrogens with zero attached hydrogens (tertiary/aromatic N) is 3. The van der Waals surface area contributed by atoms with Gasteiger partial charge in [0.25, 0.3) is 0 Å². The van der Waals surface area contributed by atoms with Crippen molar-refractivity contribution in [3.8, 4) is 0 Å². The van der Waals surface area contributed by atoms with Crippen LogP contribution in [0.3, 0.4) is 0 Å². The number of hydrogen-bond acceptors (Lipinski definition) is 6. The van der Waals surface area contributed by atoms with Crippen LogP contribution in [0.15, 0.2) is 16.7 Å². The molecule has 6 nitrogen and oxygen atoms in total. The van der Waals surface area contributed by atoms with Gasteiger partial charge in [0.05, 0.1) is 12.2 Å². The van der Waals surface area contributed by atoms with Gasteiger partial charge in [0.1, 0.15) is 17.5 Å². The smallest absolute Gasteiger partial charge is 0.156 e. The Labute approximate surface area is 119 Å². The first-order chi connectivity index (χ1) is 9.71. The summed E-state index contributed by atoms with van der Waals surface area (Å²) in [6.07, 6.45) is 1.89. The van der Waals surface area contributed by atoms with Crippen molar-refractivity contribution in [2.45, 2.75) is 40.2 Å². The Bertz CT molecular complexity index is 528. The molecule has 0 aliphatic carbocycles. The summed E-state index contributed by atoms with van der Waals surface area (Å²) in [4.78, 5) is 8.98. The molecule has 0 aromatic carbocycles. The first-order valence-electron chi connectivity index (χ1n) is 6.99. The number of aryl methyl sites for hydroxylation is 2. The van der Waals surface area contributed by atoms with Gasteiger partial charge in [-0.3, -0.25) is 0 Å². The van der Waals surface area contributed by atoms with Crippen molar-refractivity contribution < 1.29 is 4.52 Å². The average molecular weight is 275 g/mol. The molecule has 0 saturated carbocycles. The minimum atomic E-state index is 0.564. The monoisotopic (exact) mass is 275 g/mol. The summed E-state index contributed by atoms with van der Waals surface area (Å²) < 4.78 is 5.17. The summed E-state index contributed by atoms with van der Waals surface area (Å²) in [5.74, 6) is 3.29. The molecule has 0 spiro atoms. The van der Waals surface area contributed by atoms with Crippen molar-refractivity contribution in [3.05, 3.63) is 29.4 Å². The number of rotatable bonds is 7. The van der Waals surface area contributed by atoms with Gasteiger partial charge in [0.15, 0.2) is 5.76 Å². The largest absolute Gasteiger partial charge is 0.370 e. The molecule has 20 heavy (non-hydrogen) atoms. The molecule has 2 N–H and O–H groups in total. The van der Waals surface area contributed by atoms with Gasteiger partial charge in [-0.25, -0.2) is 9.97 Å². The van der Waals surface area contributed by atoms with Crippen LogP contribution in [-0.2, 0) is 13.0 Å². The van der Waals surface area contributed by atoms with Crippen LogP contribution in [0.2, 0.25) is 0 Å². The fourth-order valence-electron chi connectivity index (χ4n) is 1.87. The maximum atomic E-state index is 5.17. The molecular formula is C14H21N5O. The van der Waals surface area contributed by atoms with E-state index in [1.165, 1.54) is 0 Å². The van der Waals surface area contributed by atoms with E-state index in [0.717, 1.165) is 48.3 Å². The zero-order valence-electron chi connectivity index (χ0n) is 12.2. The van der Waals surface area contributed by atoms with Crippen molar-refractivity contribution in [3.63, 3.8) is 0 Å². The van der Waals surface area contributed by atoms with E-state index in [1.807, 2.05) is 26.0 Å². The maximum Gasteiger partial charge on any atom is 0.156 e. The van der Waals surface area contributed by atoms with Crippen LogP contribution in [-0.4, -0.2) is 21.7 Å². The second-order valence-corrected chi connectivity index (χ2v) is 4.62. The van der Waals surface area contributed by atoms with Gasteiger partial charge >= 0.3 is 0 Å². The molecule has 0 amide bonds. The normalized spacial score (nSPS) is 10.6. The molecule has 0 radical (unpaired) electrons. The Morgan fingerprint density at radius 2 is 1.85 bits per heavy atom. The minimum absolute atomic E-state index is 0.564. The summed E-state index contributed by atoms with van der Waals surface area (Å²) >= 11 is 0. The Morgan fingerprint density at radius 1 is 1.10 bits per heavy atom. The molecule has 6 heteroatoms. The number of nitrogens with one attached hydrogen (secondary N) is 2. The predicted octanol–water partition coefficient (Wildman–Crippen LogP) is 2.77. The van der Waals surface area contributed by atoms with E-state index in [9.17, 15) is 0 Å². The van der Waals surface area contributed by atoms with Crippen molar-refractivity contribution in [2.24, 2.45) is 0 Å². The van der Waals surface area contributed by atoms with Gasteiger partial charge < -0.3 is 15.2 Å². The minimum Gasteiger partial charge on any atom is -0.370 e. The molecule has 2 heterocycles. The summed E-state index contributed by atoms with van der Waals surface area (Å²) in [5.41, 5.74) is 0.879. The lowest BCUT2D eigenvalue weighted by Gasteiger charge is -2.09. The second kappa shape index (κ2) is 6.88. The zero-order valence-corrected chi connectivity index (χ0v) is 12.2. The van der Waals surface area contributed by atoms with E-state index in [-0.39, 0.29) is 0 Å². The molecule has 0 saturated heterocycles. The van der Waals surface area contributed by atoms with Crippen molar-refractivity contribution in [1.29, 1.82) is 0 Å². The molecule has 0 unspecified atom stereocenters. The first kappa shape index (κ1) is 14.3. The molecule has 0 aliphatic rings. The van der Waals surface area contributed by atoms with Gasteiger partial charge in [-0.15, -0.1) is 0 Å². The van der Waals surface area contributed by atoms with E-state index in [0.29, 0.717) is 6.54 Å². The fourth-order valence-corrected chi connectivity index (χ4v) is 1.87. The lowest BCUT2D eigenvalue weighted by molar-refractivity contribution is 0.384. The summed E-state index contributed by atoms with van der Waals surface area (Å²) in [6.45, 7) is 7.47. The van der Waals surface area contributed by atoms with Crippen LogP contribution in [0.5, 0.6) is 0 Å². The molecule has 108 valence electrons. The Morgan fingerprint density at radius 3 is 2.45 bits per heavy atom. The lowest BCUT2D eigenvalue weighted by Crippen LogP contribution is -2.08. The molecule has 0 fully saturated rings. The van der Waals surface area contributed by atoms with E-state index >= 15 is 0 Å².